The number of imide groups is 1. The van der Waals surface area contributed by atoms with E-state index < -0.39 is 42.1 Å². The highest BCUT2D eigenvalue weighted by Crippen LogP contribution is 2.32. The van der Waals surface area contributed by atoms with Gasteiger partial charge in [-0.2, -0.15) is 0 Å². The van der Waals surface area contributed by atoms with Crippen molar-refractivity contribution >= 4 is 23.6 Å². The first-order chi connectivity index (χ1) is 17.2. The lowest BCUT2D eigenvalue weighted by atomic mass is 9.89. The molecular formula is C28H28FNO6. The van der Waals surface area contributed by atoms with Gasteiger partial charge in [0, 0.05) is 24.3 Å². The van der Waals surface area contributed by atoms with Gasteiger partial charge in [-0.15, -0.1) is 0 Å². The first-order valence-electron chi connectivity index (χ1n) is 11.9. The largest absolute Gasteiger partial charge is 0.459 e. The molecule has 188 valence electrons. The molecule has 2 heterocycles. The summed E-state index contributed by atoms with van der Waals surface area (Å²) in [5.41, 5.74) is 2.46. The van der Waals surface area contributed by atoms with Crippen LogP contribution in [0.15, 0.2) is 66.2 Å². The standard InChI is InChI=1S/C28H28FNO6/c1-16(2)23(31)13-20-12-21(27(33)30-26(20)32)24-14-22(29)25(36-24)15-35-28(34)19-10-8-18(9-11-19)17-6-4-3-5-7-17/h3-12,16,21-22,24-25H,13-15H2,1-2H3,(H,30,32,33)/t21?,22-,24+,25+/m0/s1. The number of benzene rings is 2. The van der Waals surface area contributed by atoms with Crippen molar-refractivity contribution in [2.75, 3.05) is 6.61 Å². The molecule has 2 aliphatic heterocycles. The van der Waals surface area contributed by atoms with Crippen LogP contribution in [0.25, 0.3) is 11.1 Å². The zero-order valence-electron chi connectivity index (χ0n) is 20.1. The van der Waals surface area contributed by atoms with Crippen molar-refractivity contribution in [1.29, 1.82) is 0 Å². The molecule has 4 atom stereocenters. The van der Waals surface area contributed by atoms with Crippen LogP contribution in [0.1, 0.15) is 37.0 Å². The third kappa shape index (κ3) is 5.76. The predicted octanol–water partition coefficient (Wildman–Crippen LogP) is 3.82. The van der Waals surface area contributed by atoms with E-state index in [4.69, 9.17) is 9.47 Å². The molecule has 8 heteroatoms. The molecule has 0 bridgehead atoms. The molecule has 2 amide bonds. The third-order valence-corrected chi connectivity index (χ3v) is 6.44. The Morgan fingerprint density at radius 3 is 2.39 bits per heavy atom. The number of alkyl halides is 1. The summed E-state index contributed by atoms with van der Waals surface area (Å²) >= 11 is 0. The lowest BCUT2D eigenvalue weighted by Crippen LogP contribution is -2.45. The Kier molecular flexibility index (Phi) is 7.74. The molecule has 2 aliphatic rings. The SMILES string of the molecule is CC(C)C(=O)CC1=CC([C@H]2C[C@H](F)[C@@H](COC(=O)c3ccc(-c4ccccc4)cc3)O2)C(=O)NC1=O. The molecule has 2 aromatic carbocycles. The molecule has 36 heavy (non-hydrogen) atoms. The molecule has 0 saturated carbocycles. The zero-order chi connectivity index (χ0) is 25.8. The van der Waals surface area contributed by atoms with Crippen molar-refractivity contribution in [3.05, 3.63) is 71.8 Å². The number of ketones is 1. The fourth-order valence-electron chi connectivity index (χ4n) is 4.24. The Morgan fingerprint density at radius 2 is 1.72 bits per heavy atom. The molecule has 0 spiro atoms. The maximum absolute atomic E-state index is 14.7. The fourth-order valence-corrected chi connectivity index (χ4v) is 4.24. The van der Waals surface area contributed by atoms with Gasteiger partial charge in [0.1, 0.15) is 24.7 Å². The first kappa shape index (κ1) is 25.4. The van der Waals surface area contributed by atoms with Gasteiger partial charge in [-0.1, -0.05) is 62.4 Å². The Balaban J connectivity index is 1.36. The Labute approximate surface area is 208 Å². The van der Waals surface area contributed by atoms with Crippen molar-refractivity contribution in [2.45, 2.75) is 45.1 Å². The van der Waals surface area contributed by atoms with Crippen LogP contribution in [0, 0.1) is 11.8 Å². The van der Waals surface area contributed by atoms with E-state index in [-0.39, 0.29) is 36.7 Å². The Hall–Kier alpha value is -3.65. The smallest absolute Gasteiger partial charge is 0.338 e. The van der Waals surface area contributed by atoms with E-state index in [1.54, 1.807) is 26.0 Å². The number of Topliss-reactive ketones (excluding diaryl/α,β-unsaturated/α-hetero) is 1. The maximum atomic E-state index is 14.7. The van der Waals surface area contributed by atoms with E-state index in [2.05, 4.69) is 5.32 Å². The van der Waals surface area contributed by atoms with Crippen LogP contribution in [0.5, 0.6) is 0 Å². The van der Waals surface area contributed by atoms with E-state index in [1.165, 1.54) is 6.08 Å². The molecule has 2 aromatic rings. The summed E-state index contributed by atoms with van der Waals surface area (Å²) < 4.78 is 25.7. The molecule has 7 nitrogen and oxygen atoms in total. The molecule has 0 aromatic heterocycles. The lowest BCUT2D eigenvalue weighted by Gasteiger charge is -2.25. The van der Waals surface area contributed by atoms with Crippen molar-refractivity contribution in [1.82, 2.24) is 5.32 Å². The number of halogens is 1. The van der Waals surface area contributed by atoms with Crippen molar-refractivity contribution in [2.24, 2.45) is 11.8 Å². The summed E-state index contributed by atoms with van der Waals surface area (Å²) in [4.78, 5) is 49.1. The second-order valence-corrected chi connectivity index (χ2v) is 9.34. The summed E-state index contributed by atoms with van der Waals surface area (Å²) in [6.45, 7) is 3.14. The van der Waals surface area contributed by atoms with Crippen LogP contribution in [-0.2, 0) is 23.9 Å². The van der Waals surface area contributed by atoms with Crippen molar-refractivity contribution < 1.29 is 33.0 Å². The van der Waals surface area contributed by atoms with Crippen molar-refractivity contribution in [3.8, 4) is 11.1 Å². The number of amides is 2. The quantitative estimate of drug-likeness (QED) is 0.444. The molecule has 1 saturated heterocycles. The molecule has 0 radical (unpaired) electrons. The van der Waals surface area contributed by atoms with Gasteiger partial charge in [0.2, 0.25) is 5.91 Å². The summed E-state index contributed by atoms with van der Waals surface area (Å²) in [6.07, 6.45) is -2.14. The number of carbonyl (C=O) groups is 4. The number of hydrogen-bond donors (Lipinski definition) is 1. The van der Waals surface area contributed by atoms with Crippen LogP contribution in [0.2, 0.25) is 0 Å². The third-order valence-electron chi connectivity index (χ3n) is 6.44. The van der Waals surface area contributed by atoms with Gasteiger partial charge < -0.3 is 9.47 Å². The second kappa shape index (κ2) is 11.0. The van der Waals surface area contributed by atoms with Crippen LogP contribution in [-0.4, -0.2) is 48.6 Å². The number of esters is 1. The molecule has 1 N–H and O–H groups in total. The minimum absolute atomic E-state index is 0.0951. The second-order valence-electron chi connectivity index (χ2n) is 9.34. The number of carbonyl (C=O) groups excluding carboxylic acids is 4. The number of rotatable bonds is 8. The molecular weight excluding hydrogens is 465 g/mol. The van der Waals surface area contributed by atoms with Gasteiger partial charge in [0.15, 0.2) is 0 Å². The van der Waals surface area contributed by atoms with E-state index in [1.807, 2.05) is 42.5 Å². The summed E-state index contributed by atoms with van der Waals surface area (Å²) in [7, 11) is 0. The monoisotopic (exact) mass is 493 g/mol. The molecule has 4 rings (SSSR count). The average molecular weight is 494 g/mol. The summed E-state index contributed by atoms with van der Waals surface area (Å²) in [5, 5.41) is 2.23. The van der Waals surface area contributed by atoms with Gasteiger partial charge in [-0.25, -0.2) is 9.18 Å². The maximum Gasteiger partial charge on any atom is 0.338 e. The fraction of sp³-hybridized carbons (Fsp3) is 0.357. The van der Waals surface area contributed by atoms with Gasteiger partial charge in [-0.05, 0) is 23.3 Å². The highest BCUT2D eigenvalue weighted by atomic mass is 19.1. The van der Waals surface area contributed by atoms with E-state index >= 15 is 0 Å². The van der Waals surface area contributed by atoms with Gasteiger partial charge in [0.05, 0.1) is 17.6 Å². The van der Waals surface area contributed by atoms with Crippen LogP contribution in [0.4, 0.5) is 4.39 Å². The Morgan fingerprint density at radius 1 is 1.06 bits per heavy atom. The van der Waals surface area contributed by atoms with Gasteiger partial charge >= 0.3 is 5.97 Å². The van der Waals surface area contributed by atoms with Crippen LogP contribution < -0.4 is 5.32 Å². The van der Waals surface area contributed by atoms with E-state index in [0.29, 0.717) is 5.56 Å². The Bertz CT molecular complexity index is 1170. The van der Waals surface area contributed by atoms with Crippen LogP contribution in [0.3, 0.4) is 0 Å². The predicted molar refractivity (Wildman–Crippen MR) is 130 cm³/mol. The first-order valence-corrected chi connectivity index (χ1v) is 11.9. The number of ether oxygens (including phenoxy) is 2. The van der Waals surface area contributed by atoms with E-state index in [0.717, 1.165) is 11.1 Å². The zero-order valence-corrected chi connectivity index (χ0v) is 20.1. The van der Waals surface area contributed by atoms with Crippen LogP contribution >= 0.6 is 0 Å². The highest BCUT2D eigenvalue weighted by Gasteiger charge is 2.44. The van der Waals surface area contributed by atoms with Gasteiger partial charge in [-0.3, -0.25) is 19.7 Å². The normalized spacial score (nSPS) is 23.8. The molecule has 1 fully saturated rings. The minimum atomic E-state index is -1.46. The molecule has 0 aliphatic carbocycles. The number of hydrogen-bond acceptors (Lipinski definition) is 6. The van der Waals surface area contributed by atoms with Gasteiger partial charge in [0.25, 0.3) is 5.91 Å². The summed E-state index contributed by atoms with van der Waals surface area (Å²) in [6, 6.07) is 16.6. The lowest BCUT2D eigenvalue weighted by molar-refractivity contribution is -0.135. The summed E-state index contributed by atoms with van der Waals surface area (Å²) in [5.74, 6) is -3.15. The van der Waals surface area contributed by atoms with E-state index in [9.17, 15) is 23.6 Å². The highest BCUT2D eigenvalue weighted by molar-refractivity contribution is 6.10. The van der Waals surface area contributed by atoms with Crippen molar-refractivity contribution in [3.63, 3.8) is 0 Å². The topological polar surface area (TPSA) is 98.8 Å². The minimum Gasteiger partial charge on any atom is -0.459 e. The number of nitrogens with one attached hydrogen (secondary N) is 1. The molecule has 1 unspecified atom stereocenters. The average Bonchev–Trinajstić information content (AvgIpc) is 3.24.